The number of aryl methyl sites for hydroxylation is 1. The second kappa shape index (κ2) is 8.64. The molecule has 0 aliphatic rings. The van der Waals surface area contributed by atoms with E-state index in [0.717, 1.165) is 10.6 Å². The van der Waals surface area contributed by atoms with Crippen LogP contribution in [0.15, 0.2) is 82.1 Å². The van der Waals surface area contributed by atoms with Crippen LogP contribution in [0.2, 0.25) is 0 Å². The molecule has 5 aromatic rings. The molecule has 0 saturated heterocycles. The Balaban J connectivity index is 1.34. The average Bonchev–Trinajstić information content (AvgIpc) is 3.43. The van der Waals surface area contributed by atoms with Crippen molar-refractivity contribution in [2.24, 2.45) is 0 Å². The Bertz CT molecular complexity index is 1400. The number of amides is 1. The van der Waals surface area contributed by atoms with E-state index in [-0.39, 0.29) is 5.91 Å². The number of hydrogen-bond donors (Lipinski definition) is 1. The highest BCUT2D eigenvalue weighted by Crippen LogP contribution is 2.27. The Hall–Kier alpha value is -3.98. The van der Waals surface area contributed by atoms with Gasteiger partial charge in [0.25, 0.3) is 5.91 Å². The lowest BCUT2D eigenvalue weighted by molar-refractivity contribution is 0.102. The predicted molar refractivity (Wildman–Crippen MR) is 122 cm³/mol. The Labute approximate surface area is 187 Å². The van der Waals surface area contributed by atoms with Crippen LogP contribution in [-0.2, 0) is 5.75 Å². The summed E-state index contributed by atoms with van der Waals surface area (Å²) >= 11 is 1.51. The molecular formula is C23H18N6O2S. The molecule has 1 N–H and O–H groups in total. The SMILES string of the molecule is Cc1nc2cc(NC(=O)c3ccccc3SCc3nnnn3-c3ccccc3)ccc2o1. The van der Waals surface area contributed by atoms with E-state index in [9.17, 15) is 4.79 Å². The summed E-state index contributed by atoms with van der Waals surface area (Å²) in [5.74, 6) is 1.60. The number of nitrogens with zero attached hydrogens (tertiary/aromatic N) is 5. The predicted octanol–water partition coefficient (Wildman–Crippen LogP) is 4.66. The molecule has 0 aliphatic carbocycles. The molecule has 0 unspecified atom stereocenters. The summed E-state index contributed by atoms with van der Waals surface area (Å²) in [7, 11) is 0. The first kappa shape index (κ1) is 20.0. The molecule has 32 heavy (non-hydrogen) atoms. The van der Waals surface area contributed by atoms with E-state index in [1.807, 2.05) is 48.5 Å². The van der Waals surface area contributed by atoms with Crippen LogP contribution in [0.4, 0.5) is 5.69 Å². The fourth-order valence-electron chi connectivity index (χ4n) is 3.31. The van der Waals surface area contributed by atoms with Crippen LogP contribution < -0.4 is 5.32 Å². The van der Waals surface area contributed by atoms with Gasteiger partial charge in [0.15, 0.2) is 17.3 Å². The minimum Gasteiger partial charge on any atom is -0.441 e. The standard InChI is InChI=1S/C23H18N6O2S/c1-15-24-19-13-16(11-12-20(19)31-15)25-23(30)18-9-5-6-10-21(18)32-14-22-26-27-28-29(22)17-7-3-2-4-8-17/h2-13H,14H2,1H3,(H,25,30). The summed E-state index contributed by atoms with van der Waals surface area (Å²) in [5, 5.41) is 15.0. The molecule has 0 aliphatic heterocycles. The maximum atomic E-state index is 13.0. The molecule has 3 aromatic carbocycles. The third-order valence-corrected chi connectivity index (χ3v) is 5.85. The number of thioether (sulfide) groups is 1. The number of hydrogen-bond acceptors (Lipinski definition) is 7. The van der Waals surface area contributed by atoms with Crippen LogP contribution in [-0.4, -0.2) is 31.1 Å². The number of aromatic nitrogens is 5. The van der Waals surface area contributed by atoms with Gasteiger partial charge in [0.2, 0.25) is 0 Å². The van der Waals surface area contributed by atoms with Crippen molar-refractivity contribution in [1.82, 2.24) is 25.2 Å². The fraction of sp³-hybridized carbons (Fsp3) is 0.0870. The Morgan fingerprint density at radius 1 is 1.06 bits per heavy atom. The van der Waals surface area contributed by atoms with Crippen LogP contribution in [0.5, 0.6) is 0 Å². The number of nitrogens with one attached hydrogen (secondary N) is 1. The van der Waals surface area contributed by atoms with Crippen molar-refractivity contribution in [2.45, 2.75) is 17.6 Å². The first-order valence-corrected chi connectivity index (χ1v) is 10.9. The van der Waals surface area contributed by atoms with Crippen molar-refractivity contribution >= 4 is 34.5 Å². The van der Waals surface area contributed by atoms with E-state index in [1.54, 1.807) is 35.9 Å². The third kappa shape index (κ3) is 4.10. The lowest BCUT2D eigenvalue weighted by Crippen LogP contribution is -2.13. The molecule has 5 rings (SSSR count). The first-order chi connectivity index (χ1) is 15.7. The van der Waals surface area contributed by atoms with Gasteiger partial charge >= 0.3 is 0 Å². The van der Waals surface area contributed by atoms with Gasteiger partial charge in [-0.1, -0.05) is 30.3 Å². The second-order valence-corrected chi connectivity index (χ2v) is 8.01. The van der Waals surface area contributed by atoms with Crippen LogP contribution >= 0.6 is 11.8 Å². The zero-order valence-corrected chi connectivity index (χ0v) is 17.9. The molecule has 0 radical (unpaired) electrons. The quantitative estimate of drug-likeness (QED) is 0.382. The topological polar surface area (TPSA) is 98.7 Å². The molecule has 2 aromatic heterocycles. The minimum atomic E-state index is -0.199. The number of rotatable bonds is 6. The normalized spacial score (nSPS) is 11.0. The largest absolute Gasteiger partial charge is 0.441 e. The zero-order chi connectivity index (χ0) is 21.9. The van der Waals surface area contributed by atoms with Crippen LogP contribution in [0.3, 0.4) is 0 Å². The van der Waals surface area contributed by atoms with Crippen LogP contribution in [0.25, 0.3) is 16.8 Å². The molecule has 1 amide bonds. The van der Waals surface area contributed by atoms with E-state index in [1.165, 1.54) is 11.8 Å². The summed E-state index contributed by atoms with van der Waals surface area (Å²) in [6.07, 6.45) is 0. The monoisotopic (exact) mass is 442 g/mol. The number of carbonyl (C=O) groups is 1. The van der Waals surface area contributed by atoms with E-state index >= 15 is 0 Å². The summed E-state index contributed by atoms with van der Waals surface area (Å²) in [6, 6.07) is 22.6. The highest BCUT2D eigenvalue weighted by molar-refractivity contribution is 7.98. The second-order valence-electron chi connectivity index (χ2n) is 7.00. The van der Waals surface area contributed by atoms with E-state index in [4.69, 9.17) is 4.42 Å². The minimum absolute atomic E-state index is 0.199. The molecule has 9 heteroatoms. The van der Waals surface area contributed by atoms with Gasteiger partial charge in [-0.25, -0.2) is 4.98 Å². The van der Waals surface area contributed by atoms with Gasteiger partial charge in [-0.05, 0) is 52.9 Å². The number of oxazole rings is 1. The molecule has 0 spiro atoms. The average molecular weight is 443 g/mol. The highest BCUT2D eigenvalue weighted by atomic mass is 32.2. The van der Waals surface area contributed by atoms with Gasteiger partial charge in [0.1, 0.15) is 5.52 Å². The Morgan fingerprint density at radius 2 is 1.88 bits per heavy atom. The molecule has 158 valence electrons. The number of tetrazole rings is 1. The fourth-order valence-corrected chi connectivity index (χ4v) is 4.26. The summed E-state index contributed by atoms with van der Waals surface area (Å²) in [6.45, 7) is 1.79. The van der Waals surface area contributed by atoms with Crippen LogP contribution in [0, 0.1) is 6.92 Å². The summed E-state index contributed by atoms with van der Waals surface area (Å²) in [5.41, 5.74) is 3.51. The van der Waals surface area contributed by atoms with Gasteiger partial charge in [-0.2, -0.15) is 4.68 Å². The third-order valence-electron chi connectivity index (χ3n) is 4.78. The number of para-hydroxylation sites is 1. The number of anilines is 1. The molecule has 2 heterocycles. The van der Waals surface area contributed by atoms with E-state index < -0.39 is 0 Å². The van der Waals surface area contributed by atoms with Crippen LogP contribution in [0.1, 0.15) is 22.1 Å². The van der Waals surface area contributed by atoms with Gasteiger partial charge in [-0.3, -0.25) is 4.79 Å². The molecule has 8 nitrogen and oxygen atoms in total. The highest BCUT2D eigenvalue weighted by Gasteiger charge is 2.15. The van der Waals surface area contributed by atoms with Gasteiger partial charge < -0.3 is 9.73 Å². The number of carbonyl (C=O) groups excluding carboxylic acids is 1. The summed E-state index contributed by atoms with van der Waals surface area (Å²) in [4.78, 5) is 18.2. The smallest absolute Gasteiger partial charge is 0.256 e. The lowest BCUT2D eigenvalue weighted by atomic mass is 10.2. The van der Waals surface area contributed by atoms with Gasteiger partial charge in [-0.15, -0.1) is 16.9 Å². The van der Waals surface area contributed by atoms with Crippen molar-refractivity contribution in [3.63, 3.8) is 0 Å². The Morgan fingerprint density at radius 3 is 2.75 bits per heavy atom. The Kier molecular flexibility index (Phi) is 5.39. The van der Waals surface area contributed by atoms with Crippen molar-refractivity contribution < 1.29 is 9.21 Å². The maximum Gasteiger partial charge on any atom is 0.256 e. The lowest BCUT2D eigenvalue weighted by Gasteiger charge is -2.10. The van der Waals surface area contributed by atoms with Crippen molar-refractivity contribution in [1.29, 1.82) is 0 Å². The van der Waals surface area contributed by atoms with Gasteiger partial charge in [0.05, 0.1) is 17.0 Å². The maximum absolute atomic E-state index is 13.0. The van der Waals surface area contributed by atoms with E-state index in [2.05, 4.69) is 25.8 Å². The number of benzene rings is 3. The van der Waals surface area contributed by atoms with Crippen molar-refractivity contribution in [2.75, 3.05) is 5.32 Å². The molecular weight excluding hydrogens is 424 g/mol. The molecule has 0 fully saturated rings. The summed E-state index contributed by atoms with van der Waals surface area (Å²) < 4.78 is 7.19. The van der Waals surface area contributed by atoms with Crippen molar-refractivity contribution in [3.8, 4) is 5.69 Å². The molecule has 0 atom stereocenters. The van der Waals surface area contributed by atoms with Crippen molar-refractivity contribution in [3.05, 3.63) is 90.1 Å². The van der Waals surface area contributed by atoms with Gasteiger partial charge in [0, 0.05) is 17.5 Å². The molecule has 0 saturated carbocycles. The molecule has 0 bridgehead atoms. The van der Waals surface area contributed by atoms with E-state index in [0.29, 0.717) is 39.8 Å². The number of fused-ring (bicyclic) bond motifs is 1. The first-order valence-electron chi connectivity index (χ1n) is 9.90. The zero-order valence-electron chi connectivity index (χ0n) is 17.1.